The van der Waals surface area contributed by atoms with Gasteiger partial charge in [0.2, 0.25) is 0 Å². The van der Waals surface area contributed by atoms with Crippen LogP contribution in [0.2, 0.25) is 5.02 Å². The molecule has 0 N–H and O–H groups in total. The molecule has 2 aromatic heterocycles. The van der Waals surface area contributed by atoms with Crippen molar-refractivity contribution in [1.82, 2.24) is 14.8 Å². The van der Waals surface area contributed by atoms with Gasteiger partial charge in [0.1, 0.15) is 11.8 Å². The standard InChI is InChI=1S/C31H17Br2ClN4/c32-22-12-6-20(7-13-22)29-26(18-35)27(19-10-16-24(34)17-11-19)28-30(21-8-14-23(33)15-9-21)37-38(31(28)36-29)25-4-2-1-3-5-25/h1-17H. The molecule has 0 amide bonds. The molecule has 0 fully saturated rings. The maximum Gasteiger partial charge on any atom is 0.164 e. The molecule has 4 nitrogen and oxygen atoms in total. The molecule has 38 heavy (non-hydrogen) atoms. The third-order valence-corrected chi connectivity index (χ3v) is 7.61. The third kappa shape index (κ3) is 4.43. The molecule has 6 rings (SSSR count). The van der Waals surface area contributed by atoms with Crippen LogP contribution in [0.25, 0.3) is 50.4 Å². The van der Waals surface area contributed by atoms with Crippen LogP contribution < -0.4 is 0 Å². The molecule has 6 aromatic rings. The summed E-state index contributed by atoms with van der Waals surface area (Å²) in [5.41, 5.74) is 6.75. The van der Waals surface area contributed by atoms with E-state index in [1.165, 1.54) is 0 Å². The first-order valence-electron chi connectivity index (χ1n) is 11.7. The lowest BCUT2D eigenvalue weighted by atomic mass is 9.92. The Bertz CT molecular complexity index is 1820. The number of fused-ring (bicyclic) bond motifs is 1. The Balaban J connectivity index is 1.80. The second-order valence-electron chi connectivity index (χ2n) is 8.64. The Morgan fingerprint density at radius 3 is 1.82 bits per heavy atom. The molecule has 4 aromatic carbocycles. The fourth-order valence-corrected chi connectivity index (χ4v) is 5.19. The van der Waals surface area contributed by atoms with Crippen LogP contribution in [0.5, 0.6) is 0 Å². The Kier molecular flexibility index (Phi) is 6.59. The number of para-hydroxylation sites is 1. The van der Waals surface area contributed by atoms with Gasteiger partial charge < -0.3 is 0 Å². The van der Waals surface area contributed by atoms with Crippen molar-refractivity contribution in [3.8, 4) is 45.4 Å². The van der Waals surface area contributed by atoms with Crippen molar-refractivity contribution in [3.05, 3.63) is 123 Å². The van der Waals surface area contributed by atoms with Gasteiger partial charge in [-0.1, -0.05) is 98.1 Å². The van der Waals surface area contributed by atoms with Crippen LogP contribution in [0.15, 0.2) is 112 Å². The Labute approximate surface area is 241 Å². The van der Waals surface area contributed by atoms with E-state index in [-0.39, 0.29) is 0 Å². The van der Waals surface area contributed by atoms with Gasteiger partial charge in [-0.3, -0.25) is 0 Å². The van der Waals surface area contributed by atoms with Gasteiger partial charge in [-0.15, -0.1) is 0 Å². The molecule has 0 aliphatic carbocycles. The average Bonchev–Trinajstić information content (AvgIpc) is 3.33. The molecule has 0 saturated carbocycles. The molecule has 0 saturated heterocycles. The lowest BCUT2D eigenvalue weighted by Gasteiger charge is -2.13. The van der Waals surface area contributed by atoms with E-state index < -0.39 is 0 Å². The van der Waals surface area contributed by atoms with E-state index in [2.05, 4.69) is 37.9 Å². The maximum absolute atomic E-state index is 10.6. The zero-order chi connectivity index (χ0) is 26.2. The van der Waals surface area contributed by atoms with Crippen molar-refractivity contribution in [2.24, 2.45) is 0 Å². The lowest BCUT2D eigenvalue weighted by molar-refractivity contribution is 0.901. The number of benzene rings is 4. The highest BCUT2D eigenvalue weighted by Gasteiger charge is 2.25. The fraction of sp³-hybridized carbons (Fsp3) is 0. The van der Waals surface area contributed by atoms with E-state index in [0.717, 1.165) is 48.0 Å². The molecule has 0 unspecified atom stereocenters. The molecule has 0 aliphatic heterocycles. The van der Waals surface area contributed by atoms with Gasteiger partial charge in [0.25, 0.3) is 0 Å². The number of hydrogen-bond acceptors (Lipinski definition) is 3. The van der Waals surface area contributed by atoms with Crippen molar-refractivity contribution < 1.29 is 0 Å². The van der Waals surface area contributed by atoms with Crippen LogP contribution in [-0.2, 0) is 0 Å². The average molecular weight is 641 g/mol. The minimum absolute atomic E-state index is 0.480. The summed E-state index contributed by atoms with van der Waals surface area (Å²) in [5, 5.41) is 17.1. The van der Waals surface area contributed by atoms with Gasteiger partial charge in [0, 0.05) is 30.7 Å². The van der Waals surface area contributed by atoms with E-state index >= 15 is 0 Å². The highest BCUT2D eigenvalue weighted by atomic mass is 79.9. The first-order chi connectivity index (χ1) is 18.5. The molecule has 0 atom stereocenters. The minimum atomic E-state index is 0.480. The first-order valence-corrected chi connectivity index (χ1v) is 13.7. The van der Waals surface area contributed by atoms with E-state index in [4.69, 9.17) is 21.7 Å². The topological polar surface area (TPSA) is 54.5 Å². The van der Waals surface area contributed by atoms with Crippen molar-refractivity contribution in [2.45, 2.75) is 0 Å². The second-order valence-corrected chi connectivity index (χ2v) is 10.9. The van der Waals surface area contributed by atoms with E-state index in [9.17, 15) is 5.26 Å². The highest BCUT2D eigenvalue weighted by molar-refractivity contribution is 9.10. The number of pyridine rings is 1. The van der Waals surface area contributed by atoms with Gasteiger partial charge >= 0.3 is 0 Å². The molecule has 182 valence electrons. The van der Waals surface area contributed by atoms with Gasteiger partial charge in [-0.25, -0.2) is 9.67 Å². The van der Waals surface area contributed by atoms with E-state index in [1.54, 1.807) is 0 Å². The number of aromatic nitrogens is 3. The van der Waals surface area contributed by atoms with Gasteiger partial charge in [0.05, 0.1) is 22.3 Å². The Hall–Kier alpha value is -3.76. The van der Waals surface area contributed by atoms with Crippen molar-refractivity contribution in [3.63, 3.8) is 0 Å². The quantitative estimate of drug-likeness (QED) is 0.193. The van der Waals surface area contributed by atoms with Crippen LogP contribution in [0.4, 0.5) is 0 Å². The molecular weight excluding hydrogens is 624 g/mol. The first kappa shape index (κ1) is 24.6. The van der Waals surface area contributed by atoms with E-state index in [0.29, 0.717) is 21.9 Å². The number of nitrogens with zero attached hydrogens (tertiary/aromatic N) is 4. The highest BCUT2D eigenvalue weighted by Crippen LogP contribution is 2.42. The molecule has 0 radical (unpaired) electrons. The van der Waals surface area contributed by atoms with Crippen LogP contribution in [0, 0.1) is 11.3 Å². The van der Waals surface area contributed by atoms with E-state index in [1.807, 2.05) is 108 Å². The largest absolute Gasteiger partial charge is 0.226 e. The van der Waals surface area contributed by atoms with Gasteiger partial charge in [-0.05, 0) is 54.1 Å². The van der Waals surface area contributed by atoms with Crippen LogP contribution in [0.1, 0.15) is 5.56 Å². The SMILES string of the molecule is N#Cc1c(-c2ccc(Br)cc2)nc2c(c(-c3ccc(Br)cc3)nn2-c2ccccc2)c1-c1ccc(Cl)cc1. The summed E-state index contributed by atoms with van der Waals surface area (Å²) >= 11 is 13.3. The summed E-state index contributed by atoms with van der Waals surface area (Å²) in [6, 6.07) is 35.8. The minimum Gasteiger partial charge on any atom is -0.226 e. The molecule has 2 heterocycles. The Morgan fingerprint density at radius 1 is 0.684 bits per heavy atom. The summed E-state index contributed by atoms with van der Waals surface area (Å²) in [5.74, 6) is 0. The number of nitriles is 1. The normalized spacial score (nSPS) is 11.0. The van der Waals surface area contributed by atoms with Crippen molar-refractivity contribution in [2.75, 3.05) is 0 Å². The smallest absolute Gasteiger partial charge is 0.164 e. The van der Waals surface area contributed by atoms with Crippen LogP contribution in [0.3, 0.4) is 0 Å². The van der Waals surface area contributed by atoms with Crippen LogP contribution in [-0.4, -0.2) is 14.8 Å². The Morgan fingerprint density at radius 2 is 1.24 bits per heavy atom. The summed E-state index contributed by atoms with van der Waals surface area (Å²) in [7, 11) is 0. The number of hydrogen-bond donors (Lipinski definition) is 0. The second kappa shape index (κ2) is 10.2. The summed E-state index contributed by atoms with van der Waals surface area (Å²) in [6.45, 7) is 0. The van der Waals surface area contributed by atoms with Gasteiger partial charge in [-0.2, -0.15) is 10.4 Å². The number of halogens is 3. The maximum atomic E-state index is 10.6. The van der Waals surface area contributed by atoms with Crippen molar-refractivity contribution in [1.29, 1.82) is 5.26 Å². The fourth-order valence-electron chi connectivity index (χ4n) is 4.54. The predicted octanol–water partition coefficient (Wildman–Crippen LogP) is 9.47. The molecular formula is C31H17Br2ClN4. The van der Waals surface area contributed by atoms with Crippen molar-refractivity contribution >= 4 is 54.5 Å². The molecule has 0 bridgehead atoms. The van der Waals surface area contributed by atoms with Crippen LogP contribution >= 0.6 is 43.5 Å². The summed E-state index contributed by atoms with van der Waals surface area (Å²) in [6.07, 6.45) is 0. The number of rotatable bonds is 4. The lowest BCUT2D eigenvalue weighted by Crippen LogP contribution is -2.01. The molecule has 0 aliphatic rings. The summed E-state index contributed by atoms with van der Waals surface area (Å²) < 4.78 is 3.78. The zero-order valence-corrected chi connectivity index (χ0v) is 23.7. The summed E-state index contributed by atoms with van der Waals surface area (Å²) in [4.78, 5) is 5.12. The predicted molar refractivity (Wildman–Crippen MR) is 160 cm³/mol. The molecule has 7 heteroatoms. The van der Waals surface area contributed by atoms with Gasteiger partial charge in [0.15, 0.2) is 5.65 Å². The molecule has 0 spiro atoms. The third-order valence-electron chi connectivity index (χ3n) is 6.30. The zero-order valence-electron chi connectivity index (χ0n) is 19.7. The monoisotopic (exact) mass is 638 g/mol.